The predicted molar refractivity (Wildman–Crippen MR) is 47.8 cm³/mol. The molecule has 0 radical (unpaired) electrons. The molecule has 1 N–H and O–H groups in total. The van der Waals surface area contributed by atoms with E-state index in [4.69, 9.17) is 0 Å². The average molecular weight is 187 g/mol. The summed E-state index contributed by atoms with van der Waals surface area (Å²) in [6, 6.07) is 0. The number of carbonyl (C=O) groups excluding carboxylic acids is 1. The van der Waals surface area contributed by atoms with Gasteiger partial charge in [0, 0.05) is 0 Å². The minimum atomic E-state index is -3.36. The first-order valence-electron chi connectivity index (χ1n) is 3.71. The highest BCUT2D eigenvalue weighted by molar-refractivity contribution is 7.91. The smallest absolute Gasteiger partial charge is 0.259 e. The zero-order chi connectivity index (χ0) is 9.19. The van der Waals surface area contributed by atoms with Crippen LogP contribution in [-0.4, -0.2) is 26.8 Å². The molecule has 0 unspecified atom stereocenters. The summed E-state index contributed by atoms with van der Waals surface area (Å²) in [5, 5.41) is -0.341. The van der Waals surface area contributed by atoms with Crippen molar-refractivity contribution in [2.75, 3.05) is 0 Å². The van der Waals surface area contributed by atoms with Crippen molar-refractivity contribution in [1.82, 2.24) is 4.72 Å². The van der Waals surface area contributed by atoms with Crippen LogP contribution in [0.2, 0.25) is 0 Å². The summed E-state index contributed by atoms with van der Waals surface area (Å²) in [6.45, 7) is 3.34. The first-order valence-corrected chi connectivity index (χ1v) is 5.26. The summed E-state index contributed by atoms with van der Waals surface area (Å²) in [5.74, 6) is 0.870. The van der Waals surface area contributed by atoms with Crippen molar-refractivity contribution < 1.29 is 13.2 Å². The average Bonchev–Trinajstić information content (AvgIpc) is 2.65. The van der Waals surface area contributed by atoms with Crippen molar-refractivity contribution in [2.45, 2.75) is 18.1 Å². The number of amides is 1. The summed E-state index contributed by atoms with van der Waals surface area (Å²) in [4.78, 5) is 10.8. The molecular weight excluding hydrogens is 177 g/mol. The van der Waals surface area contributed by atoms with Gasteiger partial charge < -0.3 is 0 Å². The van der Waals surface area contributed by atoms with Crippen molar-refractivity contribution in [2.24, 2.45) is 0 Å². The molecule has 1 aliphatic rings. The van der Waals surface area contributed by atoms with Crippen LogP contribution in [-0.2, 0) is 10.0 Å². The molecule has 0 saturated heterocycles. The molecule has 0 aliphatic heterocycles. The third-order valence-corrected chi connectivity index (χ3v) is 3.41. The van der Waals surface area contributed by atoms with E-state index < -0.39 is 15.8 Å². The van der Waals surface area contributed by atoms with Crippen LogP contribution in [0.4, 0.5) is 4.79 Å². The van der Waals surface area contributed by atoms with Crippen molar-refractivity contribution >= 4 is 23.1 Å². The van der Waals surface area contributed by atoms with Crippen LogP contribution in [0, 0.1) is 0 Å². The molecule has 0 spiro atoms. The first kappa shape index (κ1) is 9.31. The highest BCUT2D eigenvalue weighted by Crippen LogP contribution is 2.27. The molecule has 0 atom stereocenters. The Hall–Kier alpha value is -0.775. The lowest BCUT2D eigenvalue weighted by Crippen LogP contribution is -2.34. The lowest BCUT2D eigenvalue weighted by atomic mass is 9.79. The zero-order valence-electron chi connectivity index (χ0n) is 6.62. The van der Waals surface area contributed by atoms with Gasteiger partial charge in [-0.3, -0.25) is 9.52 Å². The van der Waals surface area contributed by atoms with E-state index in [1.807, 2.05) is 4.72 Å². The monoisotopic (exact) mass is 187 g/mol. The maximum Gasteiger partial charge on any atom is 0.259 e. The van der Waals surface area contributed by atoms with Crippen molar-refractivity contribution in [3.8, 4) is 0 Å². The van der Waals surface area contributed by atoms with Gasteiger partial charge in [0.2, 0.25) is 10.0 Å². The Labute approximate surface area is 72.3 Å². The molecule has 1 rings (SSSR count). The van der Waals surface area contributed by atoms with Gasteiger partial charge in [0.25, 0.3) is 7.28 Å². The fourth-order valence-electron chi connectivity index (χ4n) is 0.793. The number of nitrogens with one attached hydrogen (secondary N) is 1. The SMILES string of the molecule is C=CBC(=O)NS(=O)(=O)C1CC1. The lowest BCUT2D eigenvalue weighted by molar-refractivity contribution is 0.263. The quantitative estimate of drug-likeness (QED) is 0.618. The van der Waals surface area contributed by atoms with Crippen LogP contribution >= 0.6 is 0 Å². The van der Waals surface area contributed by atoms with Gasteiger partial charge in [-0.25, -0.2) is 8.42 Å². The van der Waals surface area contributed by atoms with Crippen LogP contribution < -0.4 is 4.72 Å². The van der Waals surface area contributed by atoms with E-state index in [1.165, 1.54) is 5.98 Å². The van der Waals surface area contributed by atoms with E-state index >= 15 is 0 Å². The maximum absolute atomic E-state index is 11.1. The van der Waals surface area contributed by atoms with Gasteiger partial charge >= 0.3 is 0 Å². The third kappa shape index (κ3) is 2.37. The molecule has 0 aromatic rings. The van der Waals surface area contributed by atoms with Gasteiger partial charge in [0.15, 0.2) is 5.81 Å². The molecule has 6 heteroatoms. The van der Waals surface area contributed by atoms with Crippen LogP contribution in [0.3, 0.4) is 0 Å². The van der Waals surface area contributed by atoms with Crippen molar-refractivity contribution in [3.05, 3.63) is 12.6 Å². The Morgan fingerprint density at radius 1 is 1.58 bits per heavy atom. The molecule has 1 saturated carbocycles. The van der Waals surface area contributed by atoms with Gasteiger partial charge in [-0.1, -0.05) is 0 Å². The summed E-state index contributed by atoms with van der Waals surface area (Å²) in [6.07, 6.45) is 1.33. The van der Waals surface area contributed by atoms with Crippen LogP contribution in [0.25, 0.3) is 0 Å². The van der Waals surface area contributed by atoms with Gasteiger partial charge in [-0.15, -0.1) is 12.6 Å². The molecule has 66 valence electrons. The Morgan fingerprint density at radius 2 is 2.17 bits per heavy atom. The van der Waals surface area contributed by atoms with E-state index in [0.717, 1.165) is 0 Å². The molecule has 0 aromatic heterocycles. The van der Waals surface area contributed by atoms with Gasteiger partial charge in [-0.2, -0.15) is 0 Å². The van der Waals surface area contributed by atoms with Gasteiger partial charge in [0.1, 0.15) is 0 Å². The third-order valence-electron chi connectivity index (χ3n) is 1.55. The van der Waals surface area contributed by atoms with Crippen molar-refractivity contribution in [3.63, 3.8) is 0 Å². The van der Waals surface area contributed by atoms with Crippen LogP contribution in [0.15, 0.2) is 12.6 Å². The molecule has 0 bridgehead atoms. The van der Waals surface area contributed by atoms with Gasteiger partial charge in [0.05, 0.1) is 5.25 Å². The number of rotatable bonds is 4. The van der Waals surface area contributed by atoms with Gasteiger partial charge in [-0.05, 0) is 12.8 Å². The molecule has 0 heterocycles. The molecule has 4 nitrogen and oxygen atoms in total. The van der Waals surface area contributed by atoms with Crippen LogP contribution in [0.1, 0.15) is 12.8 Å². The minimum absolute atomic E-state index is 0.0476. The zero-order valence-corrected chi connectivity index (χ0v) is 7.43. The minimum Gasteiger partial charge on any atom is -0.287 e. The number of hydrogen-bond acceptors (Lipinski definition) is 3. The topological polar surface area (TPSA) is 63.2 Å². The molecular formula is C6H10BNO3S. The number of sulfonamides is 1. The Balaban J connectivity index is 2.49. The normalized spacial score (nSPS) is 16.7. The summed E-state index contributed by atoms with van der Waals surface area (Å²) < 4.78 is 24.2. The summed E-state index contributed by atoms with van der Waals surface area (Å²) in [7, 11) is -3.31. The molecule has 1 amide bonds. The maximum atomic E-state index is 11.1. The number of carbonyl (C=O) groups is 1. The fourth-order valence-corrected chi connectivity index (χ4v) is 2.12. The Morgan fingerprint density at radius 3 is 2.58 bits per heavy atom. The van der Waals surface area contributed by atoms with E-state index in [1.54, 1.807) is 0 Å². The lowest BCUT2D eigenvalue weighted by Gasteiger charge is -2.02. The predicted octanol–water partition coefficient (Wildman–Crippen LogP) is -0.232. The van der Waals surface area contributed by atoms with E-state index in [0.29, 0.717) is 12.8 Å². The highest BCUT2D eigenvalue weighted by atomic mass is 32.2. The molecule has 12 heavy (non-hydrogen) atoms. The highest BCUT2D eigenvalue weighted by Gasteiger charge is 2.36. The second-order valence-electron chi connectivity index (χ2n) is 2.76. The van der Waals surface area contributed by atoms with Crippen molar-refractivity contribution in [1.29, 1.82) is 0 Å². The number of hydrogen-bond donors (Lipinski definition) is 1. The second kappa shape index (κ2) is 3.31. The van der Waals surface area contributed by atoms with E-state index in [9.17, 15) is 13.2 Å². The second-order valence-corrected chi connectivity index (χ2v) is 4.72. The Kier molecular flexibility index (Phi) is 2.57. The van der Waals surface area contributed by atoms with E-state index in [2.05, 4.69) is 6.58 Å². The largest absolute Gasteiger partial charge is 0.287 e. The standard InChI is InChI=1S/C6H10BNO3S/c1-2-7-6(9)8-12(10,11)5-3-4-5/h2,5,7H,1,3-4H2,(H,8,9). The molecule has 1 aliphatic carbocycles. The fraction of sp³-hybridized carbons (Fsp3) is 0.500. The summed E-state index contributed by atoms with van der Waals surface area (Å²) in [5.41, 5.74) is 0. The first-order chi connectivity index (χ1) is 5.56. The summed E-state index contributed by atoms with van der Waals surface area (Å²) >= 11 is 0. The Bertz CT molecular complexity index is 294. The van der Waals surface area contributed by atoms with E-state index in [-0.39, 0.29) is 12.5 Å². The van der Waals surface area contributed by atoms with Crippen LogP contribution in [0.5, 0.6) is 0 Å². The molecule has 0 aromatic carbocycles. The molecule has 1 fully saturated rings.